The molecule has 1 aromatic rings. The third kappa shape index (κ3) is 3.60. The average Bonchev–Trinajstić information content (AvgIpc) is 2.42. The summed E-state index contributed by atoms with van der Waals surface area (Å²) in [4.78, 5) is 8.95. The van der Waals surface area contributed by atoms with E-state index in [0.717, 1.165) is 62.6 Å². The molecular weight excluding hydrogens is 252 g/mol. The highest BCUT2D eigenvalue weighted by Gasteiger charge is 2.27. The Kier molecular flexibility index (Phi) is 4.81. The predicted molar refractivity (Wildman–Crippen MR) is 81.8 cm³/mol. The molecule has 0 aromatic carbocycles. The quantitative estimate of drug-likeness (QED) is 0.866. The molecule has 0 bridgehead atoms. The SMILES string of the molecule is CCCc1nc(N)c(C)c(NCC2(C)CCOCC2)n1. The molecule has 5 nitrogen and oxygen atoms in total. The van der Waals surface area contributed by atoms with Gasteiger partial charge in [0.15, 0.2) is 0 Å². The van der Waals surface area contributed by atoms with Crippen LogP contribution in [0.25, 0.3) is 0 Å². The van der Waals surface area contributed by atoms with E-state index >= 15 is 0 Å². The summed E-state index contributed by atoms with van der Waals surface area (Å²) in [7, 11) is 0. The van der Waals surface area contributed by atoms with Crippen molar-refractivity contribution >= 4 is 11.6 Å². The highest BCUT2D eigenvalue weighted by Crippen LogP contribution is 2.30. The lowest BCUT2D eigenvalue weighted by molar-refractivity contribution is 0.0299. The maximum Gasteiger partial charge on any atom is 0.134 e. The van der Waals surface area contributed by atoms with Gasteiger partial charge in [-0.1, -0.05) is 13.8 Å². The first-order valence-corrected chi connectivity index (χ1v) is 7.49. The Balaban J connectivity index is 2.08. The number of nitrogens with one attached hydrogen (secondary N) is 1. The monoisotopic (exact) mass is 278 g/mol. The van der Waals surface area contributed by atoms with Crippen LogP contribution in [0.4, 0.5) is 11.6 Å². The van der Waals surface area contributed by atoms with E-state index in [2.05, 4.69) is 29.1 Å². The van der Waals surface area contributed by atoms with Crippen molar-refractivity contribution in [2.75, 3.05) is 30.8 Å². The predicted octanol–water partition coefficient (Wildman–Crippen LogP) is 2.55. The van der Waals surface area contributed by atoms with Crippen LogP contribution in [0.3, 0.4) is 0 Å². The summed E-state index contributed by atoms with van der Waals surface area (Å²) in [6.07, 6.45) is 4.06. The Morgan fingerprint density at radius 3 is 2.65 bits per heavy atom. The average molecular weight is 278 g/mol. The molecule has 0 aliphatic carbocycles. The summed E-state index contributed by atoms with van der Waals surface area (Å²) in [6.45, 7) is 9.00. The molecule has 1 aliphatic heterocycles. The van der Waals surface area contributed by atoms with Crippen LogP contribution in [0, 0.1) is 12.3 Å². The molecular formula is C15H26N4O. The molecule has 0 amide bonds. The summed E-state index contributed by atoms with van der Waals surface area (Å²) >= 11 is 0. The topological polar surface area (TPSA) is 73.1 Å². The van der Waals surface area contributed by atoms with Gasteiger partial charge >= 0.3 is 0 Å². The van der Waals surface area contributed by atoms with E-state index in [9.17, 15) is 0 Å². The van der Waals surface area contributed by atoms with E-state index in [-0.39, 0.29) is 5.41 Å². The van der Waals surface area contributed by atoms with Crippen LogP contribution in [-0.2, 0) is 11.2 Å². The van der Waals surface area contributed by atoms with Crippen molar-refractivity contribution in [2.45, 2.75) is 46.5 Å². The normalized spacial score (nSPS) is 17.9. The molecule has 5 heteroatoms. The second-order valence-electron chi connectivity index (χ2n) is 6.03. The number of nitrogens with zero attached hydrogens (tertiary/aromatic N) is 2. The van der Waals surface area contributed by atoms with Crippen LogP contribution in [-0.4, -0.2) is 29.7 Å². The first-order chi connectivity index (χ1) is 9.54. The van der Waals surface area contributed by atoms with Crippen molar-refractivity contribution in [3.05, 3.63) is 11.4 Å². The summed E-state index contributed by atoms with van der Waals surface area (Å²) in [6, 6.07) is 0. The van der Waals surface area contributed by atoms with Gasteiger partial charge in [0.05, 0.1) is 0 Å². The molecule has 112 valence electrons. The number of nitrogens with two attached hydrogens (primary N) is 1. The number of ether oxygens (including phenoxy) is 1. The fraction of sp³-hybridized carbons (Fsp3) is 0.733. The Hall–Kier alpha value is -1.36. The van der Waals surface area contributed by atoms with Crippen molar-refractivity contribution in [3.63, 3.8) is 0 Å². The molecule has 1 aromatic heterocycles. The summed E-state index contributed by atoms with van der Waals surface area (Å²) in [5.41, 5.74) is 7.20. The van der Waals surface area contributed by atoms with Gasteiger partial charge < -0.3 is 15.8 Å². The zero-order valence-corrected chi connectivity index (χ0v) is 12.8. The molecule has 1 aliphatic rings. The number of anilines is 2. The van der Waals surface area contributed by atoms with Crippen LogP contribution in [0.1, 0.15) is 44.5 Å². The molecule has 0 saturated carbocycles. The Morgan fingerprint density at radius 1 is 1.30 bits per heavy atom. The lowest BCUT2D eigenvalue weighted by atomic mass is 9.82. The number of hydrogen-bond donors (Lipinski definition) is 2. The lowest BCUT2D eigenvalue weighted by Gasteiger charge is -2.34. The maximum absolute atomic E-state index is 5.98. The van der Waals surface area contributed by atoms with Crippen molar-refractivity contribution in [1.82, 2.24) is 9.97 Å². The van der Waals surface area contributed by atoms with E-state index < -0.39 is 0 Å². The van der Waals surface area contributed by atoms with Crippen LogP contribution in [0.15, 0.2) is 0 Å². The van der Waals surface area contributed by atoms with E-state index in [1.165, 1.54) is 0 Å². The molecule has 2 heterocycles. The second-order valence-corrected chi connectivity index (χ2v) is 6.03. The van der Waals surface area contributed by atoms with Crippen LogP contribution < -0.4 is 11.1 Å². The standard InChI is InChI=1S/C15H26N4O/c1-4-5-12-18-13(16)11(2)14(19-12)17-10-15(3)6-8-20-9-7-15/h4-10H2,1-3H3,(H3,16,17,18,19). The zero-order chi connectivity index (χ0) is 14.6. The molecule has 0 atom stereocenters. The van der Waals surface area contributed by atoms with Gasteiger partial charge in [-0.05, 0) is 31.6 Å². The van der Waals surface area contributed by atoms with Gasteiger partial charge in [0.2, 0.25) is 0 Å². The molecule has 0 unspecified atom stereocenters. The molecule has 0 spiro atoms. The zero-order valence-electron chi connectivity index (χ0n) is 12.8. The van der Waals surface area contributed by atoms with Crippen molar-refractivity contribution in [3.8, 4) is 0 Å². The van der Waals surface area contributed by atoms with Crippen molar-refractivity contribution < 1.29 is 4.74 Å². The Morgan fingerprint density at radius 2 is 2.00 bits per heavy atom. The first kappa shape index (κ1) is 15.0. The molecule has 1 fully saturated rings. The van der Waals surface area contributed by atoms with Crippen LogP contribution >= 0.6 is 0 Å². The Labute approximate surface area is 121 Å². The number of aromatic nitrogens is 2. The van der Waals surface area contributed by atoms with Gasteiger partial charge in [0.1, 0.15) is 17.5 Å². The third-order valence-corrected chi connectivity index (χ3v) is 4.09. The summed E-state index contributed by atoms with van der Waals surface area (Å²) < 4.78 is 5.44. The largest absolute Gasteiger partial charge is 0.383 e. The van der Waals surface area contributed by atoms with Gasteiger partial charge in [-0.3, -0.25) is 0 Å². The van der Waals surface area contributed by atoms with Crippen LogP contribution in [0.5, 0.6) is 0 Å². The molecule has 1 saturated heterocycles. The highest BCUT2D eigenvalue weighted by atomic mass is 16.5. The number of hydrogen-bond acceptors (Lipinski definition) is 5. The smallest absolute Gasteiger partial charge is 0.134 e. The van der Waals surface area contributed by atoms with Gasteiger partial charge in [0, 0.05) is 31.7 Å². The van der Waals surface area contributed by atoms with E-state index in [1.807, 2.05) is 6.92 Å². The Bertz CT molecular complexity index is 455. The minimum Gasteiger partial charge on any atom is -0.383 e. The van der Waals surface area contributed by atoms with Crippen molar-refractivity contribution in [2.24, 2.45) is 5.41 Å². The van der Waals surface area contributed by atoms with Crippen LogP contribution in [0.2, 0.25) is 0 Å². The van der Waals surface area contributed by atoms with Gasteiger partial charge in [-0.25, -0.2) is 9.97 Å². The number of rotatable bonds is 5. The second kappa shape index (κ2) is 6.39. The molecule has 20 heavy (non-hydrogen) atoms. The number of nitrogen functional groups attached to an aromatic ring is 1. The fourth-order valence-corrected chi connectivity index (χ4v) is 2.43. The van der Waals surface area contributed by atoms with E-state index in [1.54, 1.807) is 0 Å². The fourth-order valence-electron chi connectivity index (χ4n) is 2.43. The minimum absolute atomic E-state index is 0.273. The maximum atomic E-state index is 5.98. The van der Waals surface area contributed by atoms with Gasteiger partial charge in [-0.2, -0.15) is 0 Å². The minimum atomic E-state index is 0.273. The lowest BCUT2D eigenvalue weighted by Crippen LogP contribution is -2.33. The molecule has 0 radical (unpaired) electrons. The summed E-state index contributed by atoms with van der Waals surface area (Å²) in [5, 5.41) is 3.48. The van der Waals surface area contributed by atoms with Gasteiger partial charge in [-0.15, -0.1) is 0 Å². The third-order valence-electron chi connectivity index (χ3n) is 4.09. The molecule has 2 rings (SSSR count). The summed E-state index contributed by atoms with van der Waals surface area (Å²) in [5.74, 6) is 2.30. The first-order valence-electron chi connectivity index (χ1n) is 7.49. The van der Waals surface area contributed by atoms with E-state index in [0.29, 0.717) is 5.82 Å². The molecule has 3 N–H and O–H groups in total. The van der Waals surface area contributed by atoms with E-state index in [4.69, 9.17) is 10.5 Å². The highest BCUT2D eigenvalue weighted by molar-refractivity contribution is 5.54. The van der Waals surface area contributed by atoms with Crippen molar-refractivity contribution in [1.29, 1.82) is 0 Å². The van der Waals surface area contributed by atoms with Gasteiger partial charge in [0.25, 0.3) is 0 Å². The number of aryl methyl sites for hydroxylation is 1.